The Balaban J connectivity index is 1.39. The number of nitrogens with zero attached hydrogens (tertiary/aromatic N) is 2. The Labute approximate surface area is 179 Å². The SMILES string of the molecule is CS(=O)(=O)NC1Nc2ccc(C(=O)N3CCN(c4ccc(Cl)cc4)CC3)cc2S1. The smallest absolute Gasteiger partial charge is 0.254 e. The first-order valence-corrected chi connectivity index (χ1v) is 12.3. The second kappa shape index (κ2) is 8.06. The number of nitrogens with one attached hydrogen (secondary N) is 2. The van der Waals surface area contributed by atoms with Gasteiger partial charge in [0.05, 0.1) is 6.26 Å². The van der Waals surface area contributed by atoms with Crippen molar-refractivity contribution in [1.82, 2.24) is 9.62 Å². The summed E-state index contributed by atoms with van der Waals surface area (Å²) in [6, 6.07) is 13.2. The highest BCUT2D eigenvalue weighted by molar-refractivity contribution is 8.01. The van der Waals surface area contributed by atoms with Crippen molar-refractivity contribution in [3.63, 3.8) is 0 Å². The molecule has 29 heavy (non-hydrogen) atoms. The minimum Gasteiger partial charge on any atom is -0.368 e. The molecule has 2 aromatic carbocycles. The summed E-state index contributed by atoms with van der Waals surface area (Å²) in [5.74, 6) is -0.0105. The molecule has 154 valence electrons. The van der Waals surface area contributed by atoms with E-state index in [9.17, 15) is 13.2 Å². The van der Waals surface area contributed by atoms with Crippen molar-refractivity contribution < 1.29 is 13.2 Å². The molecule has 2 heterocycles. The highest BCUT2D eigenvalue weighted by Gasteiger charge is 2.27. The van der Waals surface area contributed by atoms with E-state index in [-0.39, 0.29) is 5.91 Å². The topological polar surface area (TPSA) is 81.8 Å². The zero-order valence-electron chi connectivity index (χ0n) is 15.8. The number of anilines is 2. The van der Waals surface area contributed by atoms with Gasteiger partial charge >= 0.3 is 0 Å². The Hall–Kier alpha value is -1.94. The minimum absolute atomic E-state index is 0.0105. The molecular weight excluding hydrogens is 432 g/mol. The molecule has 2 aliphatic heterocycles. The fourth-order valence-corrected chi connectivity index (χ4v) is 5.60. The molecule has 1 unspecified atom stereocenters. The number of piperazine rings is 1. The van der Waals surface area contributed by atoms with Gasteiger partial charge in [-0.15, -0.1) is 0 Å². The van der Waals surface area contributed by atoms with Gasteiger partial charge < -0.3 is 15.1 Å². The van der Waals surface area contributed by atoms with Crippen LogP contribution in [0, 0.1) is 0 Å². The van der Waals surface area contributed by atoms with Crippen LogP contribution in [0.2, 0.25) is 5.02 Å². The number of halogens is 1. The maximum atomic E-state index is 12.9. The lowest BCUT2D eigenvalue weighted by molar-refractivity contribution is 0.0746. The van der Waals surface area contributed by atoms with E-state index in [0.29, 0.717) is 23.7 Å². The molecule has 2 N–H and O–H groups in total. The lowest BCUT2D eigenvalue weighted by atomic mass is 10.1. The molecule has 4 rings (SSSR count). The number of amides is 1. The first kappa shape index (κ1) is 20.3. The van der Waals surface area contributed by atoms with Crippen LogP contribution in [0.5, 0.6) is 0 Å². The van der Waals surface area contributed by atoms with Crippen LogP contribution in [0.15, 0.2) is 47.4 Å². The fourth-order valence-electron chi connectivity index (χ4n) is 3.42. The number of hydrogen-bond donors (Lipinski definition) is 2. The van der Waals surface area contributed by atoms with E-state index >= 15 is 0 Å². The summed E-state index contributed by atoms with van der Waals surface area (Å²) in [7, 11) is -3.32. The van der Waals surface area contributed by atoms with E-state index < -0.39 is 15.5 Å². The first-order valence-electron chi connectivity index (χ1n) is 9.13. The van der Waals surface area contributed by atoms with Crippen LogP contribution in [0.3, 0.4) is 0 Å². The minimum atomic E-state index is -3.32. The molecule has 0 aliphatic carbocycles. The number of rotatable bonds is 4. The average Bonchev–Trinajstić information content (AvgIpc) is 3.07. The predicted molar refractivity (Wildman–Crippen MR) is 117 cm³/mol. The molecule has 2 aromatic rings. The highest BCUT2D eigenvalue weighted by atomic mass is 35.5. The van der Waals surface area contributed by atoms with Crippen LogP contribution in [0.4, 0.5) is 11.4 Å². The van der Waals surface area contributed by atoms with E-state index in [1.807, 2.05) is 41.3 Å². The summed E-state index contributed by atoms with van der Waals surface area (Å²) in [4.78, 5) is 17.9. The Morgan fingerprint density at radius 1 is 1.14 bits per heavy atom. The summed E-state index contributed by atoms with van der Waals surface area (Å²) in [5, 5.41) is 3.81. The van der Waals surface area contributed by atoms with Crippen molar-refractivity contribution in [2.24, 2.45) is 0 Å². The van der Waals surface area contributed by atoms with Crippen LogP contribution in [0.25, 0.3) is 0 Å². The third-order valence-corrected chi connectivity index (χ3v) is 6.97. The van der Waals surface area contributed by atoms with Gasteiger partial charge in [0.25, 0.3) is 5.91 Å². The van der Waals surface area contributed by atoms with Crippen molar-refractivity contribution in [1.29, 1.82) is 0 Å². The Morgan fingerprint density at radius 2 is 1.83 bits per heavy atom. The summed E-state index contributed by atoms with van der Waals surface area (Å²) < 4.78 is 25.4. The van der Waals surface area contributed by atoms with E-state index in [1.54, 1.807) is 6.07 Å². The van der Waals surface area contributed by atoms with Crippen molar-refractivity contribution in [3.8, 4) is 0 Å². The number of fused-ring (bicyclic) bond motifs is 1. The van der Waals surface area contributed by atoms with Gasteiger partial charge in [-0.05, 0) is 42.5 Å². The van der Waals surface area contributed by atoms with Gasteiger partial charge in [0, 0.05) is 53.0 Å². The third-order valence-electron chi connectivity index (χ3n) is 4.84. The molecule has 7 nitrogen and oxygen atoms in total. The van der Waals surface area contributed by atoms with Gasteiger partial charge in [0.1, 0.15) is 5.50 Å². The van der Waals surface area contributed by atoms with Crippen molar-refractivity contribution in [3.05, 3.63) is 53.1 Å². The maximum absolute atomic E-state index is 12.9. The maximum Gasteiger partial charge on any atom is 0.254 e. The van der Waals surface area contributed by atoms with Gasteiger partial charge in [-0.3, -0.25) is 4.79 Å². The van der Waals surface area contributed by atoms with E-state index in [2.05, 4.69) is 14.9 Å². The summed E-state index contributed by atoms with van der Waals surface area (Å²) in [6.07, 6.45) is 1.12. The van der Waals surface area contributed by atoms with Gasteiger partial charge in [0.15, 0.2) is 0 Å². The predicted octanol–water partition coefficient (Wildman–Crippen LogP) is 2.65. The van der Waals surface area contributed by atoms with Gasteiger partial charge in [0.2, 0.25) is 10.0 Å². The first-order chi connectivity index (χ1) is 13.8. The molecule has 0 aromatic heterocycles. The van der Waals surface area contributed by atoms with Crippen LogP contribution in [-0.4, -0.2) is 57.2 Å². The number of carbonyl (C=O) groups is 1. The second-order valence-electron chi connectivity index (χ2n) is 7.00. The summed E-state index contributed by atoms with van der Waals surface area (Å²) >= 11 is 7.30. The average molecular weight is 453 g/mol. The quantitative estimate of drug-likeness (QED) is 0.742. The largest absolute Gasteiger partial charge is 0.368 e. The van der Waals surface area contributed by atoms with Crippen molar-refractivity contribution in [2.45, 2.75) is 10.4 Å². The number of sulfonamides is 1. The highest BCUT2D eigenvalue weighted by Crippen LogP contribution is 2.38. The number of benzene rings is 2. The summed E-state index contributed by atoms with van der Waals surface area (Å²) in [5.41, 5.74) is 2.07. The molecule has 0 spiro atoms. The Bertz CT molecular complexity index is 1020. The number of thioether (sulfide) groups is 1. The molecule has 10 heteroatoms. The van der Waals surface area contributed by atoms with Crippen LogP contribution in [-0.2, 0) is 10.0 Å². The number of hydrogen-bond acceptors (Lipinski definition) is 6. The number of carbonyl (C=O) groups excluding carboxylic acids is 1. The van der Waals surface area contributed by atoms with Crippen molar-refractivity contribution in [2.75, 3.05) is 42.7 Å². The van der Waals surface area contributed by atoms with Crippen LogP contribution in [0.1, 0.15) is 10.4 Å². The molecule has 2 aliphatic rings. The molecular formula is C19H21ClN4O3S2. The molecule has 0 saturated carbocycles. The Kier molecular flexibility index (Phi) is 5.65. The van der Waals surface area contributed by atoms with E-state index in [0.717, 1.165) is 35.6 Å². The fraction of sp³-hybridized carbons (Fsp3) is 0.316. The second-order valence-corrected chi connectivity index (χ2v) is 10.4. The molecule has 1 atom stereocenters. The molecule has 1 saturated heterocycles. The van der Waals surface area contributed by atoms with Crippen LogP contribution < -0.4 is 14.9 Å². The zero-order chi connectivity index (χ0) is 20.6. The van der Waals surface area contributed by atoms with Crippen LogP contribution >= 0.6 is 23.4 Å². The third kappa shape index (κ3) is 4.80. The molecule has 1 amide bonds. The van der Waals surface area contributed by atoms with Crippen molar-refractivity contribution >= 4 is 50.7 Å². The Morgan fingerprint density at radius 3 is 2.48 bits per heavy atom. The monoisotopic (exact) mass is 452 g/mol. The van der Waals surface area contributed by atoms with E-state index in [4.69, 9.17) is 11.6 Å². The normalized spacial score (nSPS) is 19.0. The standard InChI is InChI=1S/C19H21ClN4O3S2/c1-29(26,27)22-19-21-16-7-2-13(12-17(16)28-19)18(25)24-10-8-23(9-11-24)15-5-3-14(20)4-6-15/h2-7,12,19,21-22H,8-11H2,1H3. The lowest BCUT2D eigenvalue weighted by Crippen LogP contribution is -2.48. The molecule has 1 fully saturated rings. The molecule has 0 radical (unpaired) electrons. The van der Waals surface area contributed by atoms with Gasteiger partial charge in [-0.2, -0.15) is 4.72 Å². The lowest BCUT2D eigenvalue weighted by Gasteiger charge is -2.36. The van der Waals surface area contributed by atoms with Gasteiger partial charge in [-0.1, -0.05) is 23.4 Å². The zero-order valence-corrected chi connectivity index (χ0v) is 18.1. The van der Waals surface area contributed by atoms with E-state index in [1.165, 1.54) is 11.8 Å². The summed E-state index contributed by atoms with van der Waals surface area (Å²) in [6.45, 7) is 2.80. The molecule has 0 bridgehead atoms. The van der Waals surface area contributed by atoms with Gasteiger partial charge in [-0.25, -0.2) is 8.42 Å².